The summed E-state index contributed by atoms with van der Waals surface area (Å²) in [5.41, 5.74) is -0.503. The Labute approximate surface area is 122 Å². The van der Waals surface area contributed by atoms with E-state index in [0.717, 1.165) is 0 Å². The molecule has 20 heavy (non-hydrogen) atoms. The summed E-state index contributed by atoms with van der Waals surface area (Å²) in [4.78, 5) is 0. The lowest BCUT2D eigenvalue weighted by Gasteiger charge is -2.30. The van der Waals surface area contributed by atoms with E-state index in [0.29, 0.717) is 38.7 Å². The van der Waals surface area contributed by atoms with Gasteiger partial charge in [0.05, 0.1) is 19.3 Å². The van der Waals surface area contributed by atoms with Gasteiger partial charge in [0.2, 0.25) is 0 Å². The molecule has 0 heterocycles. The van der Waals surface area contributed by atoms with E-state index in [1.807, 2.05) is 20.8 Å². The zero-order valence-electron chi connectivity index (χ0n) is 13.1. The third kappa shape index (κ3) is 6.99. The van der Waals surface area contributed by atoms with Crippen LogP contribution in [0.2, 0.25) is 0 Å². The number of hydrogen-bond acceptors (Lipinski definition) is 5. The second-order valence-corrected chi connectivity index (χ2v) is 5.76. The lowest BCUT2D eigenvalue weighted by atomic mass is 9.84. The van der Waals surface area contributed by atoms with Gasteiger partial charge in [-0.2, -0.15) is 0 Å². The molecule has 0 amide bonds. The zero-order valence-corrected chi connectivity index (χ0v) is 13.1. The summed E-state index contributed by atoms with van der Waals surface area (Å²) in [6.07, 6.45) is 2.95. The van der Waals surface area contributed by atoms with Gasteiger partial charge < -0.3 is 25.2 Å². The molecule has 0 aromatic rings. The third-order valence-electron chi connectivity index (χ3n) is 4.07. The Morgan fingerprint density at radius 1 is 1.00 bits per heavy atom. The predicted molar refractivity (Wildman–Crippen MR) is 78.2 cm³/mol. The van der Waals surface area contributed by atoms with Crippen molar-refractivity contribution in [1.82, 2.24) is 0 Å². The van der Waals surface area contributed by atoms with Gasteiger partial charge in [-0.15, -0.1) is 0 Å². The monoisotopic (exact) mass is 292 g/mol. The molecule has 0 saturated heterocycles. The van der Waals surface area contributed by atoms with Crippen LogP contribution >= 0.6 is 0 Å². The van der Waals surface area contributed by atoms with E-state index in [2.05, 4.69) is 0 Å². The standard InChI is InChI=1S/C15H32O5/c1-4-7-15(18,19)10-13(5-2)20-9-8-14(6-3,11-16)12-17/h13,16-19H,4-12H2,1-3H3. The van der Waals surface area contributed by atoms with Crippen molar-refractivity contribution < 1.29 is 25.2 Å². The summed E-state index contributed by atoms with van der Waals surface area (Å²) in [5.74, 6) is -1.68. The molecule has 0 aromatic carbocycles. The maximum Gasteiger partial charge on any atom is 0.164 e. The van der Waals surface area contributed by atoms with Gasteiger partial charge in [-0.25, -0.2) is 0 Å². The molecule has 5 nitrogen and oxygen atoms in total. The van der Waals surface area contributed by atoms with Crippen LogP contribution in [0.1, 0.15) is 59.3 Å². The molecule has 0 aliphatic rings. The fourth-order valence-corrected chi connectivity index (χ4v) is 2.24. The van der Waals surface area contributed by atoms with Gasteiger partial charge in [-0.3, -0.25) is 0 Å². The van der Waals surface area contributed by atoms with Gasteiger partial charge in [-0.1, -0.05) is 27.2 Å². The van der Waals surface area contributed by atoms with Crippen molar-refractivity contribution >= 4 is 0 Å². The molecule has 0 rings (SSSR count). The highest BCUT2D eigenvalue weighted by atomic mass is 16.5. The zero-order chi connectivity index (χ0) is 15.6. The minimum absolute atomic E-state index is 0.0695. The van der Waals surface area contributed by atoms with Crippen LogP contribution in [0.15, 0.2) is 0 Å². The summed E-state index contributed by atoms with van der Waals surface area (Å²) >= 11 is 0. The van der Waals surface area contributed by atoms with Crippen molar-refractivity contribution in [1.29, 1.82) is 0 Å². The summed E-state index contributed by atoms with van der Waals surface area (Å²) in [5, 5.41) is 38.3. The molecule has 0 fully saturated rings. The molecule has 1 atom stereocenters. The molecule has 0 bridgehead atoms. The Morgan fingerprint density at radius 3 is 2.00 bits per heavy atom. The van der Waals surface area contributed by atoms with Crippen LogP contribution in [-0.2, 0) is 4.74 Å². The second-order valence-electron chi connectivity index (χ2n) is 5.76. The van der Waals surface area contributed by atoms with E-state index < -0.39 is 11.2 Å². The van der Waals surface area contributed by atoms with Gasteiger partial charge >= 0.3 is 0 Å². The molecule has 0 aliphatic heterocycles. The average molecular weight is 292 g/mol. The molecular weight excluding hydrogens is 260 g/mol. The van der Waals surface area contributed by atoms with Crippen molar-refractivity contribution in [3.63, 3.8) is 0 Å². The van der Waals surface area contributed by atoms with Crippen LogP contribution in [0.4, 0.5) is 0 Å². The van der Waals surface area contributed by atoms with Gasteiger partial charge in [0.1, 0.15) is 0 Å². The van der Waals surface area contributed by atoms with Crippen LogP contribution in [0.5, 0.6) is 0 Å². The molecule has 0 saturated carbocycles. The van der Waals surface area contributed by atoms with Gasteiger partial charge in [0.15, 0.2) is 5.79 Å². The van der Waals surface area contributed by atoms with E-state index >= 15 is 0 Å². The number of ether oxygens (including phenoxy) is 1. The fraction of sp³-hybridized carbons (Fsp3) is 1.00. The van der Waals surface area contributed by atoms with Crippen molar-refractivity contribution in [2.24, 2.45) is 5.41 Å². The Morgan fingerprint density at radius 2 is 1.60 bits per heavy atom. The van der Waals surface area contributed by atoms with E-state index in [-0.39, 0.29) is 25.7 Å². The first-order valence-electron chi connectivity index (χ1n) is 7.66. The lowest BCUT2D eigenvalue weighted by molar-refractivity contribution is -0.191. The van der Waals surface area contributed by atoms with E-state index in [1.165, 1.54) is 0 Å². The van der Waals surface area contributed by atoms with Crippen molar-refractivity contribution in [3.05, 3.63) is 0 Å². The highest BCUT2D eigenvalue weighted by Crippen LogP contribution is 2.26. The molecule has 4 N–H and O–H groups in total. The van der Waals surface area contributed by atoms with Crippen LogP contribution in [0.3, 0.4) is 0 Å². The van der Waals surface area contributed by atoms with E-state index in [9.17, 15) is 20.4 Å². The smallest absolute Gasteiger partial charge is 0.164 e. The summed E-state index contributed by atoms with van der Waals surface area (Å²) in [7, 11) is 0. The molecule has 0 aliphatic carbocycles. The van der Waals surface area contributed by atoms with Crippen molar-refractivity contribution in [2.75, 3.05) is 19.8 Å². The molecule has 122 valence electrons. The molecule has 0 spiro atoms. The van der Waals surface area contributed by atoms with Crippen LogP contribution in [0.25, 0.3) is 0 Å². The summed E-state index contributed by atoms with van der Waals surface area (Å²) in [6, 6.07) is 0. The Kier molecular flexibility index (Phi) is 9.59. The second kappa shape index (κ2) is 9.68. The molecular formula is C15H32O5. The Bertz CT molecular complexity index is 230. The Balaban J connectivity index is 4.25. The minimum atomic E-state index is -1.68. The number of hydrogen-bond donors (Lipinski definition) is 4. The van der Waals surface area contributed by atoms with Crippen molar-refractivity contribution in [3.8, 4) is 0 Å². The van der Waals surface area contributed by atoms with Gasteiger partial charge in [-0.05, 0) is 19.3 Å². The first kappa shape index (κ1) is 19.8. The number of aliphatic hydroxyl groups excluding tert-OH is 2. The lowest BCUT2D eigenvalue weighted by Crippen LogP contribution is -2.35. The molecule has 1 unspecified atom stereocenters. The normalized spacial score (nSPS) is 14.6. The maximum absolute atomic E-state index is 9.81. The number of aliphatic hydroxyl groups is 4. The van der Waals surface area contributed by atoms with Crippen LogP contribution in [-0.4, -0.2) is 52.1 Å². The largest absolute Gasteiger partial charge is 0.396 e. The van der Waals surface area contributed by atoms with Crippen molar-refractivity contribution in [2.45, 2.75) is 71.2 Å². The SMILES string of the molecule is CCCC(O)(O)CC(CC)OCCC(CC)(CO)CO. The molecule has 0 aromatic heterocycles. The first-order chi connectivity index (χ1) is 9.38. The quantitative estimate of drug-likeness (QED) is 0.409. The predicted octanol–water partition coefficient (Wildman–Crippen LogP) is 1.42. The molecule has 5 heteroatoms. The highest BCUT2D eigenvalue weighted by molar-refractivity contribution is 4.77. The van der Waals surface area contributed by atoms with Crippen LogP contribution in [0, 0.1) is 5.41 Å². The van der Waals surface area contributed by atoms with E-state index in [4.69, 9.17) is 4.74 Å². The van der Waals surface area contributed by atoms with Crippen LogP contribution < -0.4 is 0 Å². The highest BCUT2D eigenvalue weighted by Gasteiger charge is 2.29. The fourth-order valence-electron chi connectivity index (χ4n) is 2.24. The van der Waals surface area contributed by atoms with Gasteiger partial charge in [0, 0.05) is 24.9 Å². The first-order valence-corrected chi connectivity index (χ1v) is 7.66. The third-order valence-corrected chi connectivity index (χ3v) is 4.07. The Hall–Kier alpha value is -0.200. The summed E-state index contributed by atoms with van der Waals surface area (Å²) in [6.45, 7) is 6.03. The van der Waals surface area contributed by atoms with Gasteiger partial charge in [0.25, 0.3) is 0 Å². The summed E-state index contributed by atoms with van der Waals surface area (Å²) < 4.78 is 5.69. The average Bonchev–Trinajstić information content (AvgIpc) is 2.42. The minimum Gasteiger partial charge on any atom is -0.396 e. The topological polar surface area (TPSA) is 90.2 Å². The molecule has 0 radical (unpaired) electrons. The maximum atomic E-state index is 9.81. The van der Waals surface area contributed by atoms with E-state index in [1.54, 1.807) is 0 Å². The number of rotatable bonds is 12.